The summed E-state index contributed by atoms with van der Waals surface area (Å²) in [5.74, 6) is 0.950. The quantitative estimate of drug-likeness (QED) is 0.752. The van der Waals surface area contributed by atoms with Gasteiger partial charge in [-0.25, -0.2) is 0 Å². The Hall–Kier alpha value is -1.54. The van der Waals surface area contributed by atoms with Gasteiger partial charge < -0.3 is 4.74 Å². The molecular weight excluding hydrogens is 248 g/mol. The largest absolute Gasteiger partial charge is 0.497 e. The van der Waals surface area contributed by atoms with Crippen LogP contribution < -0.4 is 4.74 Å². The summed E-state index contributed by atoms with van der Waals surface area (Å²) < 4.78 is 5.66. The van der Waals surface area contributed by atoms with Crippen molar-refractivity contribution >= 4 is 26.6 Å². The molecule has 0 fully saturated rings. The van der Waals surface area contributed by atoms with Crippen molar-refractivity contribution in [3.8, 4) is 5.75 Å². The predicted molar refractivity (Wildman–Crippen MR) is 81.6 cm³/mol. The third-order valence-electron chi connectivity index (χ3n) is 3.75. The zero-order valence-electron chi connectivity index (χ0n) is 11.0. The average molecular weight is 265 g/mol. The highest BCUT2D eigenvalue weighted by Gasteiger charge is 2.11. The van der Waals surface area contributed by atoms with Crippen molar-refractivity contribution in [2.24, 2.45) is 0 Å². The number of allylic oxidation sites excluding steroid dienone is 2. The topological polar surface area (TPSA) is 9.23 Å². The van der Waals surface area contributed by atoms with Crippen LogP contribution in [0.1, 0.15) is 31.2 Å². The minimum absolute atomic E-state index is 0.520. The predicted octanol–water partition coefficient (Wildman–Crippen LogP) is 4.30. The highest BCUT2D eigenvalue weighted by molar-refractivity contribution is 6.08. The summed E-state index contributed by atoms with van der Waals surface area (Å²) in [6, 6.07) is 12.8. The molecule has 0 amide bonds. The summed E-state index contributed by atoms with van der Waals surface area (Å²) in [6.45, 7) is 0. The molecule has 95 valence electrons. The highest BCUT2D eigenvalue weighted by atomic mass is 28.1. The zero-order chi connectivity index (χ0) is 13.1. The van der Waals surface area contributed by atoms with E-state index in [0.29, 0.717) is 6.23 Å². The Morgan fingerprint density at radius 2 is 1.84 bits per heavy atom. The molecule has 2 aromatic rings. The van der Waals surface area contributed by atoms with Gasteiger partial charge in [0.15, 0.2) is 0 Å². The summed E-state index contributed by atoms with van der Waals surface area (Å²) >= 11 is 0. The maximum absolute atomic E-state index is 5.66. The van der Waals surface area contributed by atoms with Crippen LogP contribution in [0.4, 0.5) is 0 Å². The van der Waals surface area contributed by atoms with Crippen LogP contribution in [0.3, 0.4) is 0 Å². The third-order valence-corrected chi connectivity index (χ3v) is 3.89. The number of benzene rings is 2. The Bertz CT molecular complexity index is 616. The van der Waals surface area contributed by atoms with Gasteiger partial charge in [0, 0.05) is 5.39 Å². The summed E-state index contributed by atoms with van der Waals surface area (Å²) in [5, 5.41) is 2.50. The number of hydrogen-bond donors (Lipinski definition) is 0. The van der Waals surface area contributed by atoms with E-state index in [4.69, 9.17) is 4.74 Å². The lowest BCUT2D eigenvalue weighted by atomic mass is 9.90. The summed E-state index contributed by atoms with van der Waals surface area (Å²) in [7, 11) is 3.38. The van der Waals surface area contributed by atoms with Gasteiger partial charge >= 0.3 is 0 Å². The smallest absolute Gasteiger partial charge is 0.126 e. The lowest BCUT2D eigenvalue weighted by Gasteiger charge is -2.17. The first-order chi connectivity index (χ1) is 9.40. The molecule has 1 nitrogen and oxygen atoms in total. The molecule has 3 rings (SSSR count). The Labute approximate surface area is 117 Å². The Balaban J connectivity index is 2.16. The van der Waals surface area contributed by atoms with E-state index < -0.39 is 0 Å². The fourth-order valence-electron chi connectivity index (χ4n) is 2.84. The van der Waals surface area contributed by atoms with Crippen molar-refractivity contribution in [2.75, 3.05) is 6.23 Å². The van der Waals surface area contributed by atoms with E-state index in [1.807, 2.05) is 0 Å². The second kappa shape index (κ2) is 5.62. The maximum Gasteiger partial charge on any atom is 0.126 e. The molecule has 0 aromatic heterocycles. The zero-order valence-corrected chi connectivity index (χ0v) is 12.0. The lowest BCUT2D eigenvalue weighted by Crippen LogP contribution is -1.98. The van der Waals surface area contributed by atoms with Crippen LogP contribution in [-0.2, 0) is 0 Å². The first kappa shape index (κ1) is 12.5. The number of fused-ring (bicyclic) bond motifs is 1. The van der Waals surface area contributed by atoms with Crippen LogP contribution in [0.2, 0.25) is 0 Å². The van der Waals surface area contributed by atoms with Crippen LogP contribution >= 0.6 is 0 Å². The molecule has 0 unspecified atom stereocenters. The first-order valence-corrected chi connectivity index (χ1v) is 7.59. The van der Waals surface area contributed by atoms with Gasteiger partial charge in [-0.15, -0.1) is 0 Å². The minimum Gasteiger partial charge on any atom is -0.497 e. The fourth-order valence-corrected chi connectivity index (χ4v) is 2.99. The van der Waals surface area contributed by atoms with Gasteiger partial charge in [-0.1, -0.05) is 36.4 Å². The second-order valence-electron chi connectivity index (χ2n) is 4.92. The first-order valence-electron chi connectivity index (χ1n) is 6.88. The fraction of sp³-hybridized carbons (Fsp3) is 0.294. The van der Waals surface area contributed by atoms with Crippen molar-refractivity contribution in [1.29, 1.82) is 0 Å². The lowest BCUT2D eigenvalue weighted by molar-refractivity contribution is 0.392. The Morgan fingerprint density at radius 1 is 1.00 bits per heavy atom. The van der Waals surface area contributed by atoms with Crippen molar-refractivity contribution in [2.45, 2.75) is 25.7 Å². The van der Waals surface area contributed by atoms with E-state index in [9.17, 15) is 0 Å². The molecule has 0 bridgehead atoms. The maximum atomic E-state index is 5.66. The molecular formula is C17H17OSi. The molecule has 0 saturated heterocycles. The molecule has 19 heavy (non-hydrogen) atoms. The second-order valence-corrected chi connectivity index (χ2v) is 5.21. The number of rotatable bonds is 3. The van der Waals surface area contributed by atoms with Crippen LogP contribution in [0.15, 0.2) is 42.5 Å². The van der Waals surface area contributed by atoms with Crippen molar-refractivity contribution in [1.82, 2.24) is 0 Å². The summed E-state index contributed by atoms with van der Waals surface area (Å²) in [4.78, 5) is 0. The van der Waals surface area contributed by atoms with Gasteiger partial charge in [0.05, 0.1) is 16.5 Å². The molecule has 1 aliphatic rings. The van der Waals surface area contributed by atoms with Crippen LogP contribution in [0.5, 0.6) is 5.75 Å². The molecule has 2 aromatic carbocycles. The molecule has 0 aliphatic heterocycles. The van der Waals surface area contributed by atoms with Gasteiger partial charge in [0.1, 0.15) is 5.75 Å². The number of ether oxygens (including phenoxy) is 1. The molecule has 0 N–H and O–H groups in total. The number of hydrogen-bond acceptors (Lipinski definition) is 1. The van der Waals surface area contributed by atoms with E-state index in [0.717, 1.165) is 5.75 Å². The van der Waals surface area contributed by atoms with E-state index in [1.165, 1.54) is 47.6 Å². The summed E-state index contributed by atoms with van der Waals surface area (Å²) in [5.41, 5.74) is 2.86. The average Bonchev–Trinajstić information content (AvgIpc) is 2.49. The monoisotopic (exact) mass is 265 g/mol. The molecule has 0 atom stereocenters. The van der Waals surface area contributed by atoms with E-state index in [2.05, 4.69) is 52.7 Å². The summed E-state index contributed by atoms with van der Waals surface area (Å²) in [6.07, 6.45) is 7.96. The molecule has 0 saturated carbocycles. The van der Waals surface area contributed by atoms with Crippen LogP contribution in [0.25, 0.3) is 16.3 Å². The van der Waals surface area contributed by atoms with E-state index in [1.54, 1.807) is 0 Å². The van der Waals surface area contributed by atoms with Crippen molar-refractivity contribution in [3.05, 3.63) is 48.0 Å². The van der Waals surface area contributed by atoms with Crippen LogP contribution in [0, 0.1) is 0 Å². The van der Waals surface area contributed by atoms with Gasteiger partial charge in [-0.3, -0.25) is 0 Å². The molecule has 0 spiro atoms. The van der Waals surface area contributed by atoms with E-state index in [-0.39, 0.29) is 0 Å². The van der Waals surface area contributed by atoms with Crippen molar-refractivity contribution < 1.29 is 4.74 Å². The Morgan fingerprint density at radius 3 is 2.58 bits per heavy atom. The molecule has 0 heterocycles. The molecule has 1 aliphatic carbocycles. The van der Waals surface area contributed by atoms with Gasteiger partial charge in [0.2, 0.25) is 0 Å². The van der Waals surface area contributed by atoms with Gasteiger partial charge in [0.25, 0.3) is 0 Å². The SMILES string of the molecule is [Si]COc1ccc(C2=CCCCC2)c2ccccc12. The normalized spacial score (nSPS) is 15.3. The molecule has 2 heteroatoms. The van der Waals surface area contributed by atoms with Crippen molar-refractivity contribution in [3.63, 3.8) is 0 Å². The standard InChI is InChI=1S/C17H17OSi/c19-12-18-17-11-10-14(13-6-2-1-3-7-13)15-8-4-5-9-16(15)17/h4-6,8-11H,1-3,7,12H2. The minimum atomic E-state index is 0.520. The molecule has 3 radical (unpaired) electrons. The van der Waals surface area contributed by atoms with Crippen LogP contribution in [-0.4, -0.2) is 16.5 Å². The highest BCUT2D eigenvalue weighted by Crippen LogP contribution is 2.35. The Kier molecular flexibility index (Phi) is 3.69. The van der Waals surface area contributed by atoms with Gasteiger partial charge in [-0.05, 0) is 48.3 Å². The van der Waals surface area contributed by atoms with Gasteiger partial charge in [-0.2, -0.15) is 0 Å². The van der Waals surface area contributed by atoms with E-state index >= 15 is 0 Å². The third kappa shape index (κ3) is 2.45.